The van der Waals surface area contributed by atoms with Crippen molar-refractivity contribution in [2.75, 3.05) is 0 Å². The zero-order valence-corrected chi connectivity index (χ0v) is 13.9. The van der Waals surface area contributed by atoms with E-state index < -0.39 is 18.2 Å². The van der Waals surface area contributed by atoms with Gasteiger partial charge in [-0.3, -0.25) is 9.59 Å². The first-order chi connectivity index (χ1) is 12.0. The summed E-state index contributed by atoms with van der Waals surface area (Å²) in [4.78, 5) is 27.3. The third-order valence-electron chi connectivity index (χ3n) is 3.68. The van der Waals surface area contributed by atoms with Gasteiger partial charge in [0.2, 0.25) is 0 Å². The lowest BCUT2D eigenvalue weighted by atomic mass is 10.0. The van der Waals surface area contributed by atoms with E-state index in [-0.39, 0.29) is 0 Å². The fraction of sp³-hybridized carbons (Fsp3) is 0.0500. The van der Waals surface area contributed by atoms with Gasteiger partial charge in [0.15, 0.2) is 5.78 Å². The maximum absolute atomic E-state index is 12.1. The SMILES string of the molecule is O=C(O)CC(=O)c1ccccc1/C=C/c1ccc2ccc(Cl)cc2n1. The number of aromatic nitrogens is 1. The molecule has 124 valence electrons. The Bertz CT molecular complexity index is 995. The zero-order chi connectivity index (χ0) is 17.8. The minimum absolute atomic E-state index is 0.380. The molecule has 0 radical (unpaired) electrons. The predicted molar refractivity (Wildman–Crippen MR) is 98.7 cm³/mol. The summed E-state index contributed by atoms with van der Waals surface area (Å²) < 4.78 is 0. The van der Waals surface area contributed by atoms with Crippen molar-refractivity contribution in [1.82, 2.24) is 4.98 Å². The van der Waals surface area contributed by atoms with E-state index in [1.807, 2.05) is 24.3 Å². The first kappa shape index (κ1) is 16.9. The Labute approximate surface area is 149 Å². The van der Waals surface area contributed by atoms with Gasteiger partial charge in [0.1, 0.15) is 6.42 Å². The second-order valence-corrected chi connectivity index (χ2v) is 5.92. The number of ketones is 1. The van der Waals surface area contributed by atoms with Crippen LogP contribution in [-0.4, -0.2) is 21.8 Å². The lowest BCUT2D eigenvalue weighted by Crippen LogP contribution is -2.08. The molecule has 3 aromatic rings. The van der Waals surface area contributed by atoms with Crippen molar-refractivity contribution < 1.29 is 14.7 Å². The molecule has 2 aromatic carbocycles. The van der Waals surface area contributed by atoms with Gasteiger partial charge in [-0.1, -0.05) is 54.1 Å². The number of carbonyl (C=O) groups excluding carboxylic acids is 1. The molecule has 0 spiro atoms. The van der Waals surface area contributed by atoms with E-state index in [0.29, 0.717) is 16.1 Å². The molecular formula is C20H14ClNO3. The average molecular weight is 352 g/mol. The molecule has 0 aliphatic heterocycles. The van der Waals surface area contributed by atoms with Crippen molar-refractivity contribution in [2.24, 2.45) is 0 Å². The Hall–Kier alpha value is -2.98. The number of carbonyl (C=O) groups is 2. The number of rotatable bonds is 5. The van der Waals surface area contributed by atoms with E-state index in [1.165, 1.54) is 0 Å². The fourth-order valence-corrected chi connectivity index (χ4v) is 2.67. The fourth-order valence-electron chi connectivity index (χ4n) is 2.50. The largest absolute Gasteiger partial charge is 0.481 e. The van der Waals surface area contributed by atoms with Gasteiger partial charge >= 0.3 is 5.97 Å². The van der Waals surface area contributed by atoms with Crippen LogP contribution in [0.1, 0.15) is 28.0 Å². The quantitative estimate of drug-likeness (QED) is 0.533. The number of hydrogen-bond donors (Lipinski definition) is 1. The number of halogens is 1. The van der Waals surface area contributed by atoms with E-state index >= 15 is 0 Å². The molecule has 0 aliphatic rings. The molecule has 1 aromatic heterocycles. The Morgan fingerprint density at radius 1 is 1.04 bits per heavy atom. The van der Waals surface area contributed by atoms with Gasteiger partial charge in [0, 0.05) is 16.0 Å². The smallest absolute Gasteiger partial charge is 0.311 e. The van der Waals surface area contributed by atoms with Crippen LogP contribution >= 0.6 is 11.6 Å². The van der Waals surface area contributed by atoms with E-state index in [4.69, 9.17) is 16.7 Å². The van der Waals surface area contributed by atoms with E-state index in [0.717, 1.165) is 16.6 Å². The molecule has 1 N–H and O–H groups in total. The summed E-state index contributed by atoms with van der Waals surface area (Å²) in [5.41, 5.74) is 2.53. The summed E-state index contributed by atoms with van der Waals surface area (Å²) in [7, 11) is 0. The molecule has 3 rings (SSSR count). The number of aliphatic carboxylic acids is 1. The molecule has 0 saturated carbocycles. The number of hydrogen-bond acceptors (Lipinski definition) is 3. The third kappa shape index (κ3) is 4.11. The van der Waals surface area contributed by atoms with Gasteiger partial charge in [-0.25, -0.2) is 4.98 Å². The van der Waals surface area contributed by atoms with Crippen LogP contribution in [0.15, 0.2) is 54.6 Å². The molecule has 0 aliphatic carbocycles. The number of pyridine rings is 1. The van der Waals surface area contributed by atoms with Gasteiger partial charge in [-0.2, -0.15) is 0 Å². The van der Waals surface area contributed by atoms with Crippen molar-refractivity contribution in [3.05, 3.63) is 76.4 Å². The normalized spacial score (nSPS) is 11.1. The van der Waals surface area contributed by atoms with Gasteiger partial charge in [0.05, 0.1) is 11.2 Å². The summed E-state index contributed by atoms with van der Waals surface area (Å²) >= 11 is 6.00. The molecule has 0 fully saturated rings. The highest BCUT2D eigenvalue weighted by Crippen LogP contribution is 2.19. The first-order valence-corrected chi connectivity index (χ1v) is 7.99. The summed E-state index contributed by atoms with van der Waals surface area (Å²) in [6, 6.07) is 16.2. The standard InChI is InChI=1S/C20H14ClNO3/c21-15-8-5-14-7-10-16(22-18(14)11-15)9-6-13-3-1-2-4-17(13)19(23)12-20(24)25/h1-11H,12H2,(H,24,25)/b9-6+. The first-order valence-electron chi connectivity index (χ1n) is 7.61. The highest BCUT2D eigenvalue weighted by atomic mass is 35.5. The van der Waals surface area contributed by atoms with Crippen LogP contribution in [0, 0.1) is 0 Å². The molecule has 0 atom stereocenters. The second kappa shape index (κ2) is 7.28. The van der Waals surface area contributed by atoms with Crippen molar-refractivity contribution in [1.29, 1.82) is 0 Å². The van der Waals surface area contributed by atoms with Crippen LogP contribution in [0.5, 0.6) is 0 Å². The maximum Gasteiger partial charge on any atom is 0.311 e. The van der Waals surface area contributed by atoms with Crippen LogP contribution in [0.4, 0.5) is 0 Å². The van der Waals surface area contributed by atoms with Crippen LogP contribution in [-0.2, 0) is 4.79 Å². The predicted octanol–water partition coefficient (Wildman–Crippen LogP) is 4.72. The van der Waals surface area contributed by atoms with Crippen LogP contribution in [0.2, 0.25) is 5.02 Å². The number of Topliss-reactive ketones (excluding diaryl/α,β-unsaturated/α-hetero) is 1. The second-order valence-electron chi connectivity index (χ2n) is 5.49. The average Bonchev–Trinajstić information content (AvgIpc) is 2.59. The van der Waals surface area contributed by atoms with E-state index in [9.17, 15) is 9.59 Å². The molecule has 5 heteroatoms. The Balaban J connectivity index is 1.92. The van der Waals surface area contributed by atoms with Crippen LogP contribution < -0.4 is 0 Å². The van der Waals surface area contributed by atoms with Crippen molar-refractivity contribution >= 4 is 46.4 Å². The van der Waals surface area contributed by atoms with Crippen molar-refractivity contribution in [3.8, 4) is 0 Å². The molecule has 25 heavy (non-hydrogen) atoms. The van der Waals surface area contributed by atoms with Gasteiger partial charge in [-0.15, -0.1) is 0 Å². The number of nitrogens with zero attached hydrogens (tertiary/aromatic N) is 1. The molecule has 1 heterocycles. The Morgan fingerprint density at radius 2 is 1.80 bits per heavy atom. The topological polar surface area (TPSA) is 67.3 Å². The van der Waals surface area contributed by atoms with Crippen LogP contribution in [0.25, 0.3) is 23.1 Å². The highest BCUT2D eigenvalue weighted by Gasteiger charge is 2.13. The zero-order valence-electron chi connectivity index (χ0n) is 13.1. The van der Waals surface area contributed by atoms with Gasteiger partial charge < -0.3 is 5.11 Å². The van der Waals surface area contributed by atoms with Gasteiger partial charge in [-0.05, 0) is 29.8 Å². The van der Waals surface area contributed by atoms with Crippen molar-refractivity contribution in [2.45, 2.75) is 6.42 Å². The van der Waals surface area contributed by atoms with Crippen molar-refractivity contribution in [3.63, 3.8) is 0 Å². The summed E-state index contributed by atoms with van der Waals surface area (Å²) in [5.74, 6) is -1.57. The lowest BCUT2D eigenvalue weighted by molar-refractivity contribution is -0.135. The molecular weight excluding hydrogens is 338 g/mol. The highest BCUT2D eigenvalue weighted by molar-refractivity contribution is 6.31. The number of fused-ring (bicyclic) bond motifs is 1. The summed E-state index contributed by atoms with van der Waals surface area (Å²) in [5, 5.41) is 10.4. The van der Waals surface area contributed by atoms with E-state index in [2.05, 4.69) is 4.98 Å². The lowest BCUT2D eigenvalue weighted by Gasteiger charge is -2.04. The Kier molecular flexibility index (Phi) is 4.91. The number of benzene rings is 2. The van der Waals surface area contributed by atoms with Crippen LogP contribution in [0.3, 0.4) is 0 Å². The number of carboxylic acid groups (broad SMARTS) is 1. The summed E-state index contributed by atoms with van der Waals surface area (Å²) in [6.45, 7) is 0. The number of carboxylic acids is 1. The minimum Gasteiger partial charge on any atom is -0.481 e. The molecule has 0 unspecified atom stereocenters. The molecule has 0 bridgehead atoms. The minimum atomic E-state index is -1.14. The summed E-state index contributed by atoms with van der Waals surface area (Å²) in [6.07, 6.45) is 3.01. The monoisotopic (exact) mass is 351 g/mol. The third-order valence-corrected chi connectivity index (χ3v) is 3.92. The van der Waals surface area contributed by atoms with E-state index in [1.54, 1.807) is 42.5 Å². The Morgan fingerprint density at radius 3 is 2.60 bits per heavy atom. The molecule has 4 nitrogen and oxygen atoms in total. The molecule has 0 amide bonds. The molecule has 0 saturated heterocycles. The van der Waals surface area contributed by atoms with Gasteiger partial charge in [0.25, 0.3) is 0 Å². The maximum atomic E-state index is 12.1.